The van der Waals surface area contributed by atoms with Crippen LogP contribution in [0.4, 0.5) is 0 Å². The molecule has 0 fully saturated rings. The van der Waals surface area contributed by atoms with Crippen LogP contribution in [0.5, 0.6) is 5.75 Å². The quantitative estimate of drug-likeness (QED) is 0.479. The van der Waals surface area contributed by atoms with Gasteiger partial charge in [0.25, 0.3) is 11.5 Å². The average Bonchev–Trinajstić information content (AvgIpc) is 3.15. The largest absolute Gasteiger partial charge is 0.484 e. The first-order valence-corrected chi connectivity index (χ1v) is 10.7. The summed E-state index contributed by atoms with van der Waals surface area (Å²) in [7, 11) is 0. The van der Waals surface area contributed by atoms with Gasteiger partial charge in [0, 0.05) is 11.6 Å². The predicted molar refractivity (Wildman–Crippen MR) is 121 cm³/mol. The van der Waals surface area contributed by atoms with Crippen LogP contribution in [0.25, 0.3) is 15.5 Å². The van der Waals surface area contributed by atoms with Gasteiger partial charge in [-0.25, -0.2) is 4.98 Å². The van der Waals surface area contributed by atoms with E-state index in [1.54, 1.807) is 6.07 Å². The Labute approximate surface area is 187 Å². The number of carbonyl (C=O) groups is 1. The molecule has 158 valence electrons. The molecule has 2 heterocycles. The van der Waals surface area contributed by atoms with Crippen LogP contribution in [0.15, 0.2) is 53.3 Å². The molecule has 4 rings (SSSR count). The van der Waals surface area contributed by atoms with Gasteiger partial charge in [-0.3, -0.25) is 9.59 Å². The van der Waals surface area contributed by atoms with Gasteiger partial charge >= 0.3 is 0 Å². The highest BCUT2D eigenvalue weighted by atomic mass is 35.5. The number of ether oxygens (including phenoxy) is 1. The lowest BCUT2D eigenvalue weighted by atomic mass is 10.1. The van der Waals surface area contributed by atoms with Crippen molar-refractivity contribution >= 4 is 33.8 Å². The van der Waals surface area contributed by atoms with E-state index < -0.39 is 0 Å². The third-order valence-corrected chi connectivity index (χ3v) is 5.71. The van der Waals surface area contributed by atoms with E-state index >= 15 is 0 Å². The minimum Gasteiger partial charge on any atom is -0.484 e. The van der Waals surface area contributed by atoms with Crippen molar-refractivity contribution in [3.63, 3.8) is 0 Å². The van der Waals surface area contributed by atoms with Crippen LogP contribution >= 0.6 is 22.9 Å². The van der Waals surface area contributed by atoms with E-state index in [1.165, 1.54) is 21.9 Å². The highest BCUT2D eigenvalue weighted by Gasteiger charge is 2.13. The summed E-state index contributed by atoms with van der Waals surface area (Å²) in [4.78, 5) is 29.5. The Morgan fingerprint density at radius 2 is 1.90 bits per heavy atom. The molecule has 1 N–H and O–H groups in total. The van der Waals surface area contributed by atoms with Crippen molar-refractivity contribution in [3.05, 3.63) is 80.7 Å². The third kappa shape index (κ3) is 4.92. The number of hydrogen-bond acceptors (Lipinski definition) is 6. The Balaban J connectivity index is 1.44. The summed E-state index contributed by atoms with van der Waals surface area (Å²) >= 11 is 7.49. The van der Waals surface area contributed by atoms with E-state index in [1.807, 2.05) is 50.2 Å². The smallest absolute Gasteiger partial charge is 0.275 e. The molecule has 0 radical (unpaired) electrons. The SMILES string of the molecule is Cc1cc(C)cc(OCC(=O)NCc2cc(=O)n3nc(-c4ccccc4Cl)sc3n2)c1. The maximum absolute atomic E-state index is 12.4. The maximum atomic E-state index is 12.4. The summed E-state index contributed by atoms with van der Waals surface area (Å²) in [6, 6.07) is 14.4. The van der Waals surface area contributed by atoms with Gasteiger partial charge < -0.3 is 10.1 Å². The zero-order chi connectivity index (χ0) is 22.0. The molecular weight excluding hydrogens is 436 g/mol. The monoisotopic (exact) mass is 454 g/mol. The van der Waals surface area contributed by atoms with Crippen LogP contribution < -0.4 is 15.6 Å². The molecule has 0 atom stereocenters. The van der Waals surface area contributed by atoms with Crippen molar-refractivity contribution in [1.29, 1.82) is 0 Å². The van der Waals surface area contributed by atoms with Crippen LogP contribution in [-0.4, -0.2) is 27.1 Å². The Morgan fingerprint density at radius 1 is 1.16 bits per heavy atom. The first kappa shape index (κ1) is 21.0. The number of amides is 1. The topological polar surface area (TPSA) is 85.6 Å². The standard InChI is InChI=1S/C22H19ClN4O3S/c1-13-7-14(2)9-16(8-13)30-12-19(28)24-11-15-10-20(29)27-22(25-15)31-21(26-27)17-5-3-4-6-18(17)23/h3-10H,11-12H2,1-2H3,(H,24,28). The van der Waals surface area contributed by atoms with E-state index in [0.29, 0.717) is 26.4 Å². The number of aryl methyl sites for hydroxylation is 2. The van der Waals surface area contributed by atoms with Crippen LogP contribution in [0.2, 0.25) is 5.02 Å². The van der Waals surface area contributed by atoms with Gasteiger partial charge in [-0.1, -0.05) is 47.2 Å². The number of halogens is 1. The van der Waals surface area contributed by atoms with Gasteiger partial charge in [0.15, 0.2) is 6.61 Å². The third-order valence-electron chi connectivity index (χ3n) is 4.43. The fourth-order valence-electron chi connectivity index (χ4n) is 3.10. The molecule has 0 spiro atoms. The second-order valence-corrected chi connectivity index (χ2v) is 8.42. The van der Waals surface area contributed by atoms with Crippen molar-refractivity contribution in [2.45, 2.75) is 20.4 Å². The minimum absolute atomic E-state index is 0.111. The van der Waals surface area contributed by atoms with Crippen LogP contribution in [0.1, 0.15) is 16.8 Å². The molecule has 0 aliphatic heterocycles. The number of aromatic nitrogens is 3. The molecule has 0 unspecified atom stereocenters. The van der Waals surface area contributed by atoms with E-state index in [-0.39, 0.29) is 24.6 Å². The maximum Gasteiger partial charge on any atom is 0.275 e. The number of rotatable bonds is 6. The molecule has 2 aromatic carbocycles. The molecule has 0 saturated heterocycles. The lowest BCUT2D eigenvalue weighted by Gasteiger charge is -2.09. The van der Waals surface area contributed by atoms with Gasteiger partial charge in [0.2, 0.25) is 4.96 Å². The van der Waals surface area contributed by atoms with Crippen LogP contribution in [0, 0.1) is 13.8 Å². The Bertz CT molecular complexity index is 1310. The van der Waals surface area contributed by atoms with Gasteiger partial charge in [0.1, 0.15) is 10.8 Å². The first-order valence-electron chi connectivity index (χ1n) is 9.51. The number of fused-ring (bicyclic) bond motifs is 1. The van der Waals surface area contributed by atoms with Crippen molar-refractivity contribution in [2.24, 2.45) is 0 Å². The summed E-state index contributed by atoms with van der Waals surface area (Å²) in [5.74, 6) is 0.337. The van der Waals surface area contributed by atoms with Gasteiger partial charge in [-0.05, 0) is 43.2 Å². The van der Waals surface area contributed by atoms with E-state index in [4.69, 9.17) is 16.3 Å². The lowest BCUT2D eigenvalue weighted by Crippen LogP contribution is -2.29. The van der Waals surface area contributed by atoms with Crippen molar-refractivity contribution in [3.8, 4) is 16.3 Å². The molecule has 4 aromatic rings. The second-order valence-electron chi connectivity index (χ2n) is 7.06. The first-order chi connectivity index (χ1) is 14.9. The van der Waals surface area contributed by atoms with Crippen LogP contribution in [0.3, 0.4) is 0 Å². The van der Waals surface area contributed by atoms with Gasteiger partial charge in [-0.2, -0.15) is 9.61 Å². The average molecular weight is 455 g/mol. The normalized spacial score (nSPS) is 10.9. The zero-order valence-corrected chi connectivity index (χ0v) is 18.5. The summed E-state index contributed by atoms with van der Waals surface area (Å²) < 4.78 is 6.79. The van der Waals surface area contributed by atoms with Crippen molar-refractivity contribution in [1.82, 2.24) is 19.9 Å². The molecule has 31 heavy (non-hydrogen) atoms. The number of benzene rings is 2. The zero-order valence-electron chi connectivity index (χ0n) is 16.9. The fourth-order valence-corrected chi connectivity index (χ4v) is 4.34. The fraction of sp³-hybridized carbons (Fsp3) is 0.182. The minimum atomic E-state index is -0.324. The highest BCUT2D eigenvalue weighted by molar-refractivity contribution is 7.19. The lowest BCUT2D eigenvalue weighted by molar-refractivity contribution is -0.123. The second kappa shape index (κ2) is 8.87. The summed E-state index contributed by atoms with van der Waals surface area (Å²) in [5.41, 5.74) is 2.98. The molecule has 1 amide bonds. The Morgan fingerprint density at radius 3 is 2.65 bits per heavy atom. The van der Waals surface area contributed by atoms with Gasteiger partial charge in [-0.15, -0.1) is 0 Å². The van der Waals surface area contributed by atoms with E-state index in [2.05, 4.69) is 15.4 Å². The molecule has 0 saturated carbocycles. The molecule has 9 heteroatoms. The van der Waals surface area contributed by atoms with E-state index in [0.717, 1.165) is 16.7 Å². The highest BCUT2D eigenvalue weighted by Crippen LogP contribution is 2.30. The number of hydrogen-bond donors (Lipinski definition) is 1. The molecule has 0 aliphatic rings. The Hall–Kier alpha value is -3.23. The number of carbonyl (C=O) groups excluding carboxylic acids is 1. The number of nitrogens with zero attached hydrogens (tertiary/aromatic N) is 3. The summed E-state index contributed by atoms with van der Waals surface area (Å²) in [6.45, 7) is 3.93. The van der Waals surface area contributed by atoms with Crippen molar-refractivity contribution in [2.75, 3.05) is 6.61 Å². The van der Waals surface area contributed by atoms with Crippen molar-refractivity contribution < 1.29 is 9.53 Å². The summed E-state index contributed by atoms with van der Waals surface area (Å²) in [5, 5.41) is 8.19. The summed E-state index contributed by atoms with van der Waals surface area (Å²) in [6.07, 6.45) is 0. The molecule has 7 nitrogen and oxygen atoms in total. The Kier molecular flexibility index (Phi) is 6.01. The molecule has 0 bridgehead atoms. The van der Waals surface area contributed by atoms with Crippen LogP contribution in [-0.2, 0) is 11.3 Å². The molecule has 0 aliphatic carbocycles. The molecule has 2 aromatic heterocycles. The molecular formula is C22H19ClN4O3S. The van der Waals surface area contributed by atoms with E-state index in [9.17, 15) is 9.59 Å². The van der Waals surface area contributed by atoms with Gasteiger partial charge in [0.05, 0.1) is 17.3 Å². The predicted octanol–water partition coefficient (Wildman–Crippen LogP) is 3.78. The number of nitrogens with one attached hydrogen (secondary N) is 1.